The van der Waals surface area contributed by atoms with Crippen molar-refractivity contribution < 1.29 is 4.74 Å². The standard InChI is InChI=1S/C15H21IO/c1-12-7-5-6-10-14(12)17-15(11-16)13-8-3-2-4-9-13/h2-4,8-9,12,14-15H,5-7,10-11H2,1H3. The van der Waals surface area contributed by atoms with Crippen LogP contribution in [0.3, 0.4) is 0 Å². The van der Waals surface area contributed by atoms with Crippen LogP contribution < -0.4 is 0 Å². The zero-order chi connectivity index (χ0) is 12.1. The third-order valence-electron chi connectivity index (χ3n) is 3.68. The maximum Gasteiger partial charge on any atom is 0.0918 e. The molecule has 3 atom stereocenters. The second-order valence-electron chi connectivity index (χ2n) is 4.99. The lowest BCUT2D eigenvalue weighted by atomic mass is 9.88. The van der Waals surface area contributed by atoms with Gasteiger partial charge in [-0.1, -0.05) is 72.7 Å². The summed E-state index contributed by atoms with van der Waals surface area (Å²) < 4.78 is 7.36. The van der Waals surface area contributed by atoms with Gasteiger partial charge in [0, 0.05) is 4.43 Å². The summed E-state index contributed by atoms with van der Waals surface area (Å²) >= 11 is 2.43. The van der Waals surface area contributed by atoms with Gasteiger partial charge in [0.2, 0.25) is 0 Å². The highest BCUT2D eigenvalue weighted by molar-refractivity contribution is 14.1. The van der Waals surface area contributed by atoms with Gasteiger partial charge in [0.15, 0.2) is 0 Å². The molecule has 0 bridgehead atoms. The molecule has 0 amide bonds. The van der Waals surface area contributed by atoms with Crippen molar-refractivity contribution in [1.82, 2.24) is 0 Å². The maximum atomic E-state index is 6.33. The van der Waals surface area contributed by atoms with Crippen molar-refractivity contribution in [3.8, 4) is 0 Å². The summed E-state index contributed by atoms with van der Waals surface area (Å²) in [7, 11) is 0. The largest absolute Gasteiger partial charge is 0.369 e. The average Bonchev–Trinajstić information content (AvgIpc) is 2.39. The lowest BCUT2D eigenvalue weighted by molar-refractivity contribution is -0.0461. The molecule has 17 heavy (non-hydrogen) atoms. The quantitative estimate of drug-likeness (QED) is 0.565. The van der Waals surface area contributed by atoms with Crippen LogP contribution in [0.15, 0.2) is 30.3 Å². The molecule has 1 aromatic carbocycles. The van der Waals surface area contributed by atoms with Crippen LogP contribution in [-0.2, 0) is 4.74 Å². The Balaban J connectivity index is 1.99. The van der Waals surface area contributed by atoms with Crippen molar-refractivity contribution >= 4 is 22.6 Å². The number of hydrogen-bond donors (Lipinski definition) is 0. The first-order chi connectivity index (χ1) is 8.31. The molecule has 0 aliphatic heterocycles. The van der Waals surface area contributed by atoms with Crippen LogP contribution in [0, 0.1) is 5.92 Å². The molecule has 3 unspecified atom stereocenters. The summed E-state index contributed by atoms with van der Waals surface area (Å²) in [5.74, 6) is 0.720. The molecule has 0 aromatic heterocycles. The first-order valence-electron chi connectivity index (χ1n) is 6.57. The molecule has 1 saturated carbocycles. The van der Waals surface area contributed by atoms with Crippen LogP contribution in [-0.4, -0.2) is 10.5 Å². The molecular weight excluding hydrogens is 323 g/mol. The summed E-state index contributed by atoms with van der Waals surface area (Å²) in [6.07, 6.45) is 6.00. The van der Waals surface area contributed by atoms with Gasteiger partial charge in [-0.2, -0.15) is 0 Å². The molecule has 0 saturated heterocycles. The zero-order valence-electron chi connectivity index (χ0n) is 10.4. The summed E-state index contributed by atoms with van der Waals surface area (Å²) in [6.45, 7) is 2.33. The fourth-order valence-corrected chi connectivity index (χ4v) is 3.28. The molecule has 2 rings (SSSR count). The van der Waals surface area contributed by atoms with Crippen LogP contribution in [0.1, 0.15) is 44.3 Å². The van der Waals surface area contributed by atoms with Crippen LogP contribution in [0.25, 0.3) is 0 Å². The SMILES string of the molecule is CC1CCCCC1OC(CI)c1ccccc1. The van der Waals surface area contributed by atoms with E-state index in [-0.39, 0.29) is 6.10 Å². The molecule has 1 aliphatic carbocycles. The van der Waals surface area contributed by atoms with Gasteiger partial charge in [-0.15, -0.1) is 0 Å². The van der Waals surface area contributed by atoms with E-state index in [0.717, 1.165) is 10.3 Å². The van der Waals surface area contributed by atoms with E-state index in [1.807, 2.05) is 0 Å². The van der Waals surface area contributed by atoms with Crippen molar-refractivity contribution in [1.29, 1.82) is 0 Å². The van der Waals surface area contributed by atoms with Crippen molar-refractivity contribution in [3.63, 3.8) is 0 Å². The van der Waals surface area contributed by atoms with E-state index in [1.165, 1.54) is 31.2 Å². The average molecular weight is 344 g/mol. The molecule has 0 N–H and O–H groups in total. The van der Waals surface area contributed by atoms with Crippen LogP contribution >= 0.6 is 22.6 Å². The minimum Gasteiger partial charge on any atom is -0.369 e. The number of alkyl halides is 1. The number of ether oxygens (including phenoxy) is 1. The first-order valence-corrected chi connectivity index (χ1v) is 8.10. The number of rotatable bonds is 4. The smallest absolute Gasteiger partial charge is 0.0918 e. The molecule has 94 valence electrons. The van der Waals surface area contributed by atoms with Gasteiger partial charge in [-0.05, 0) is 24.3 Å². The fourth-order valence-electron chi connectivity index (χ4n) is 2.57. The van der Waals surface area contributed by atoms with E-state index in [0.29, 0.717) is 6.10 Å². The van der Waals surface area contributed by atoms with Crippen molar-refractivity contribution in [3.05, 3.63) is 35.9 Å². The summed E-state index contributed by atoms with van der Waals surface area (Å²) in [4.78, 5) is 0. The van der Waals surface area contributed by atoms with Crippen LogP contribution in [0.2, 0.25) is 0 Å². The first kappa shape index (κ1) is 13.3. The summed E-state index contributed by atoms with van der Waals surface area (Å²) in [6, 6.07) is 10.6. The van der Waals surface area contributed by atoms with Gasteiger partial charge < -0.3 is 4.74 Å². The Labute approximate surface area is 118 Å². The Hall–Kier alpha value is -0.0900. The Morgan fingerprint density at radius 3 is 2.59 bits per heavy atom. The van der Waals surface area contributed by atoms with Gasteiger partial charge in [-0.3, -0.25) is 0 Å². The fraction of sp³-hybridized carbons (Fsp3) is 0.600. The molecular formula is C15H21IO. The lowest BCUT2D eigenvalue weighted by Gasteiger charge is -2.32. The predicted molar refractivity (Wildman–Crippen MR) is 80.6 cm³/mol. The van der Waals surface area contributed by atoms with Crippen LogP contribution in [0.5, 0.6) is 0 Å². The second-order valence-corrected chi connectivity index (χ2v) is 5.87. The molecule has 1 aliphatic rings. The molecule has 0 spiro atoms. The predicted octanol–water partition coefficient (Wildman–Crippen LogP) is 4.76. The molecule has 1 fully saturated rings. The topological polar surface area (TPSA) is 9.23 Å². The minimum atomic E-state index is 0.266. The Bertz CT molecular complexity index is 325. The molecule has 0 radical (unpaired) electrons. The van der Waals surface area contributed by atoms with Gasteiger partial charge in [-0.25, -0.2) is 0 Å². The third-order valence-corrected chi connectivity index (χ3v) is 4.48. The van der Waals surface area contributed by atoms with E-state index >= 15 is 0 Å². The summed E-state index contributed by atoms with van der Waals surface area (Å²) in [5.41, 5.74) is 1.32. The molecule has 2 heteroatoms. The molecule has 0 heterocycles. The van der Waals surface area contributed by atoms with Gasteiger partial charge in [0.25, 0.3) is 0 Å². The third kappa shape index (κ3) is 3.68. The van der Waals surface area contributed by atoms with Crippen LogP contribution in [0.4, 0.5) is 0 Å². The Kier molecular flexibility index (Phi) is 5.29. The minimum absolute atomic E-state index is 0.266. The van der Waals surface area contributed by atoms with Gasteiger partial charge >= 0.3 is 0 Å². The maximum absolute atomic E-state index is 6.33. The highest BCUT2D eigenvalue weighted by Crippen LogP contribution is 2.31. The normalized spacial score (nSPS) is 26.7. The van der Waals surface area contributed by atoms with E-state index in [4.69, 9.17) is 4.74 Å². The molecule has 1 nitrogen and oxygen atoms in total. The van der Waals surface area contributed by atoms with Crippen molar-refractivity contribution in [2.24, 2.45) is 5.92 Å². The van der Waals surface area contributed by atoms with Crippen molar-refractivity contribution in [2.45, 2.75) is 44.8 Å². The number of halogens is 1. The van der Waals surface area contributed by atoms with E-state index in [2.05, 4.69) is 59.8 Å². The van der Waals surface area contributed by atoms with E-state index < -0.39 is 0 Å². The Morgan fingerprint density at radius 2 is 1.94 bits per heavy atom. The van der Waals surface area contributed by atoms with E-state index in [1.54, 1.807) is 0 Å². The second kappa shape index (κ2) is 6.74. The monoisotopic (exact) mass is 344 g/mol. The summed E-state index contributed by atoms with van der Waals surface area (Å²) in [5, 5.41) is 0. The highest BCUT2D eigenvalue weighted by Gasteiger charge is 2.25. The zero-order valence-corrected chi connectivity index (χ0v) is 12.6. The molecule has 1 aromatic rings. The van der Waals surface area contributed by atoms with Crippen molar-refractivity contribution in [2.75, 3.05) is 4.43 Å². The number of hydrogen-bond acceptors (Lipinski definition) is 1. The Morgan fingerprint density at radius 1 is 1.24 bits per heavy atom. The van der Waals surface area contributed by atoms with E-state index in [9.17, 15) is 0 Å². The van der Waals surface area contributed by atoms with Gasteiger partial charge in [0.1, 0.15) is 0 Å². The van der Waals surface area contributed by atoms with Gasteiger partial charge in [0.05, 0.1) is 12.2 Å². The highest BCUT2D eigenvalue weighted by atomic mass is 127. The lowest BCUT2D eigenvalue weighted by Crippen LogP contribution is -2.27. The number of benzene rings is 1.